The van der Waals surface area contributed by atoms with E-state index >= 15 is 0 Å². The van der Waals surface area contributed by atoms with E-state index in [2.05, 4.69) is 23.1 Å². The Morgan fingerprint density at radius 1 is 1.47 bits per heavy atom. The van der Waals surface area contributed by atoms with Crippen LogP contribution >= 0.6 is 0 Å². The van der Waals surface area contributed by atoms with Crippen LogP contribution in [0.3, 0.4) is 0 Å². The number of carboxylic acid groups (broad SMARTS) is 1. The molecule has 1 fully saturated rings. The van der Waals surface area contributed by atoms with Gasteiger partial charge in [-0.05, 0) is 50.8 Å². The lowest BCUT2D eigenvalue weighted by atomic mass is 9.90. The molecule has 0 bridgehead atoms. The van der Waals surface area contributed by atoms with Crippen LogP contribution in [0, 0.1) is 0 Å². The Bertz CT molecular complexity index is 422. The first-order chi connectivity index (χ1) is 9.15. The molecule has 2 rings (SSSR count). The zero-order chi connectivity index (χ0) is 13.8. The van der Waals surface area contributed by atoms with Gasteiger partial charge in [0.2, 0.25) is 0 Å². The Morgan fingerprint density at radius 3 is 2.63 bits per heavy atom. The van der Waals surface area contributed by atoms with Crippen molar-refractivity contribution >= 4 is 5.97 Å². The van der Waals surface area contributed by atoms with E-state index in [9.17, 15) is 9.90 Å². The number of hydrogen-bond donors (Lipinski definition) is 1. The van der Waals surface area contributed by atoms with E-state index < -0.39 is 5.97 Å². The summed E-state index contributed by atoms with van der Waals surface area (Å²) in [6.45, 7) is 6.66. The van der Waals surface area contributed by atoms with Crippen molar-refractivity contribution in [3.05, 3.63) is 18.0 Å². The molecule has 1 N–H and O–H groups in total. The maximum atomic E-state index is 11.2. The summed E-state index contributed by atoms with van der Waals surface area (Å²) in [7, 11) is 0. The first-order valence-electron chi connectivity index (χ1n) is 7.14. The Morgan fingerprint density at radius 2 is 2.16 bits per heavy atom. The van der Waals surface area contributed by atoms with Crippen molar-refractivity contribution < 1.29 is 9.90 Å². The average molecular weight is 265 g/mol. The highest BCUT2D eigenvalue weighted by Crippen LogP contribution is 2.28. The molecule has 0 radical (unpaired) electrons. The molecule has 2 heterocycles. The number of rotatable bonds is 5. The first kappa shape index (κ1) is 14.1. The minimum Gasteiger partial charge on any atom is -0.480 e. The number of likely N-dealkylation sites (tertiary alicyclic amines) is 1. The maximum absolute atomic E-state index is 11.2. The van der Waals surface area contributed by atoms with E-state index in [1.165, 1.54) is 5.56 Å². The van der Waals surface area contributed by atoms with Gasteiger partial charge in [-0.1, -0.05) is 6.92 Å². The fourth-order valence-electron chi connectivity index (χ4n) is 2.90. The largest absolute Gasteiger partial charge is 0.480 e. The topological polar surface area (TPSA) is 58.4 Å². The van der Waals surface area contributed by atoms with Crippen LogP contribution in [-0.4, -0.2) is 44.9 Å². The van der Waals surface area contributed by atoms with Crippen LogP contribution in [0.5, 0.6) is 0 Å². The Kier molecular flexibility index (Phi) is 4.58. The molecular weight excluding hydrogens is 242 g/mol. The molecule has 1 atom stereocenters. The number of hydrogen-bond acceptors (Lipinski definition) is 3. The average Bonchev–Trinajstić information content (AvgIpc) is 2.89. The van der Waals surface area contributed by atoms with Gasteiger partial charge in [-0.25, -0.2) is 0 Å². The monoisotopic (exact) mass is 265 g/mol. The molecule has 0 unspecified atom stereocenters. The molecule has 1 aliphatic heterocycles. The van der Waals surface area contributed by atoms with Gasteiger partial charge in [-0.3, -0.25) is 14.4 Å². The summed E-state index contributed by atoms with van der Waals surface area (Å²) in [5.74, 6) is -0.164. The standard InChI is InChI=1S/C14H23N3O2/c1-3-13(14(18)19)16-7-5-11(6-8-16)12-9-15-17(4-2)10-12/h9-11,13H,3-8H2,1-2H3,(H,18,19)/t13-/m1/s1. The molecule has 19 heavy (non-hydrogen) atoms. The third-order valence-electron chi connectivity index (χ3n) is 4.09. The maximum Gasteiger partial charge on any atom is 0.320 e. The Labute approximate surface area is 114 Å². The number of aromatic nitrogens is 2. The number of aryl methyl sites for hydroxylation is 1. The SMILES string of the molecule is CC[C@H](C(=O)O)N1CCC(c2cnn(CC)c2)CC1. The van der Waals surface area contributed by atoms with E-state index in [1.54, 1.807) is 0 Å². The van der Waals surface area contributed by atoms with Crippen molar-refractivity contribution in [1.29, 1.82) is 0 Å². The Balaban J connectivity index is 1.93. The summed E-state index contributed by atoms with van der Waals surface area (Å²) < 4.78 is 1.95. The van der Waals surface area contributed by atoms with Gasteiger partial charge in [0.1, 0.15) is 6.04 Å². The number of piperidine rings is 1. The number of carbonyl (C=O) groups is 1. The van der Waals surface area contributed by atoms with Gasteiger partial charge in [0.15, 0.2) is 0 Å². The molecule has 0 aromatic carbocycles. The number of carboxylic acids is 1. The summed E-state index contributed by atoms with van der Waals surface area (Å²) >= 11 is 0. The van der Waals surface area contributed by atoms with Crippen LogP contribution in [0.15, 0.2) is 12.4 Å². The minimum absolute atomic E-state index is 0.320. The molecule has 1 saturated heterocycles. The molecule has 106 valence electrons. The van der Waals surface area contributed by atoms with Crippen molar-refractivity contribution in [2.24, 2.45) is 0 Å². The molecule has 0 saturated carbocycles. The van der Waals surface area contributed by atoms with Crippen LogP contribution in [0.4, 0.5) is 0 Å². The van der Waals surface area contributed by atoms with E-state index in [0.717, 1.165) is 32.5 Å². The van der Waals surface area contributed by atoms with E-state index in [0.29, 0.717) is 12.3 Å². The van der Waals surface area contributed by atoms with Crippen molar-refractivity contribution in [2.45, 2.75) is 51.6 Å². The smallest absolute Gasteiger partial charge is 0.320 e. The predicted molar refractivity (Wildman–Crippen MR) is 73.2 cm³/mol. The first-order valence-corrected chi connectivity index (χ1v) is 7.14. The normalized spacial score (nSPS) is 19.5. The van der Waals surface area contributed by atoms with Gasteiger partial charge >= 0.3 is 5.97 Å². The van der Waals surface area contributed by atoms with Crippen LogP contribution in [0.2, 0.25) is 0 Å². The molecule has 1 aromatic rings. The number of aliphatic carboxylic acids is 1. The second-order valence-electron chi connectivity index (χ2n) is 5.20. The summed E-state index contributed by atoms with van der Waals surface area (Å²) in [6, 6.07) is -0.320. The van der Waals surface area contributed by atoms with Gasteiger partial charge in [-0.2, -0.15) is 5.10 Å². The van der Waals surface area contributed by atoms with E-state index in [4.69, 9.17) is 0 Å². The molecule has 0 amide bonds. The van der Waals surface area contributed by atoms with Crippen molar-refractivity contribution in [1.82, 2.24) is 14.7 Å². The highest BCUT2D eigenvalue weighted by Gasteiger charge is 2.29. The van der Waals surface area contributed by atoms with Gasteiger partial charge in [0.25, 0.3) is 0 Å². The lowest BCUT2D eigenvalue weighted by Crippen LogP contribution is -2.44. The second kappa shape index (κ2) is 6.19. The Hall–Kier alpha value is -1.36. The van der Waals surface area contributed by atoms with Crippen LogP contribution in [0.1, 0.15) is 44.6 Å². The molecule has 5 nitrogen and oxygen atoms in total. The third kappa shape index (κ3) is 3.15. The van der Waals surface area contributed by atoms with Gasteiger partial charge in [0.05, 0.1) is 6.20 Å². The summed E-state index contributed by atoms with van der Waals surface area (Å²) in [5.41, 5.74) is 1.30. The highest BCUT2D eigenvalue weighted by atomic mass is 16.4. The van der Waals surface area contributed by atoms with Crippen LogP contribution < -0.4 is 0 Å². The fourth-order valence-corrected chi connectivity index (χ4v) is 2.90. The highest BCUT2D eigenvalue weighted by molar-refractivity contribution is 5.73. The molecular formula is C14H23N3O2. The minimum atomic E-state index is -0.695. The van der Waals surface area contributed by atoms with Crippen molar-refractivity contribution in [3.63, 3.8) is 0 Å². The third-order valence-corrected chi connectivity index (χ3v) is 4.09. The van der Waals surface area contributed by atoms with E-state index in [1.807, 2.05) is 17.8 Å². The van der Waals surface area contributed by atoms with Gasteiger partial charge in [-0.15, -0.1) is 0 Å². The molecule has 1 aliphatic rings. The molecule has 0 aliphatic carbocycles. The van der Waals surface area contributed by atoms with Gasteiger partial charge in [0, 0.05) is 12.7 Å². The predicted octanol–water partition coefficient (Wildman–Crippen LogP) is 1.95. The van der Waals surface area contributed by atoms with Crippen molar-refractivity contribution in [3.8, 4) is 0 Å². The van der Waals surface area contributed by atoms with Crippen LogP contribution in [-0.2, 0) is 11.3 Å². The molecule has 5 heteroatoms. The zero-order valence-corrected chi connectivity index (χ0v) is 11.7. The summed E-state index contributed by atoms with van der Waals surface area (Å²) in [5, 5.41) is 13.5. The second-order valence-corrected chi connectivity index (χ2v) is 5.20. The lowest BCUT2D eigenvalue weighted by Gasteiger charge is -2.35. The van der Waals surface area contributed by atoms with E-state index in [-0.39, 0.29) is 6.04 Å². The van der Waals surface area contributed by atoms with Crippen LogP contribution in [0.25, 0.3) is 0 Å². The van der Waals surface area contributed by atoms with Gasteiger partial charge < -0.3 is 5.11 Å². The quantitative estimate of drug-likeness (QED) is 0.884. The number of nitrogens with zero attached hydrogens (tertiary/aromatic N) is 3. The molecule has 0 spiro atoms. The summed E-state index contributed by atoms with van der Waals surface area (Å²) in [4.78, 5) is 13.3. The lowest BCUT2D eigenvalue weighted by molar-refractivity contribution is -0.143. The van der Waals surface area contributed by atoms with Crippen molar-refractivity contribution in [2.75, 3.05) is 13.1 Å². The molecule has 1 aromatic heterocycles. The zero-order valence-electron chi connectivity index (χ0n) is 11.7. The fraction of sp³-hybridized carbons (Fsp3) is 0.714. The summed E-state index contributed by atoms with van der Waals surface area (Å²) in [6.07, 6.45) is 6.80.